The topological polar surface area (TPSA) is 51.2 Å². The molecule has 1 atom stereocenters. The normalized spacial score (nSPS) is 17.6. The van der Waals surface area contributed by atoms with Crippen LogP contribution in [0.2, 0.25) is 0 Å². The Kier molecular flexibility index (Phi) is 4.44. The standard InChI is InChI=1S/C12H19BrN2O/c13-10-5-7-16-12(10)11(8-14)15-6-1-2-9-3-4-9/h5,7,9,11,15H,1-4,6,8,14H2. The molecule has 0 radical (unpaired) electrons. The second-order valence-corrected chi connectivity index (χ2v) is 5.32. The molecule has 0 bridgehead atoms. The number of nitrogens with two attached hydrogens (primary N) is 1. The summed E-state index contributed by atoms with van der Waals surface area (Å²) in [5.74, 6) is 1.92. The lowest BCUT2D eigenvalue weighted by Crippen LogP contribution is -2.29. The van der Waals surface area contributed by atoms with Crippen molar-refractivity contribution < 1.29 is 4.42 Å². The molecule has 3 N–H and O–H groups in total. The van der Waals surface area contributed by atoms with Gasteiger partial charge < -0.3 is 15.5 Å². The lowest BCUT2D eigenvalue weighted by atomic mass is 10.2. The molecular weight excluding hydrogens is 268 g/mol. The van der Waals surface area contributed by atoms with E-state index >= 15 is 0 Å². The highest BCUT2D eigenvalue weighted by atomic mass is 79.9. The molecule has 1 fully saturated rings. The van der Waals surface area contributed by atoms with Gasteiger partial charge in [0.25, 0.3) is 0 Å². The Morgan fingerprint density at radius 2 is 2.38 bits per heavy atom. The molecular formula is C12H19BrN2O. The summed E-state index contributed by atoms with van der Waals surface area (Å²) < 4.78 is 6.42. The van der Waals surface area contributed by atoms with Gasteiger partial charge in [0, 0.05) is 6.54 Å². The van der Waals surface area contributed by atoms with Crippen molar-refractivity contribution in [3.05, 3.63) is 22.6 Å². The van der Waals surface area contributed by atoms with Crippen molar-refractivity contribution in [1.82, 2.24) is 5.32 Å². The minimum absolute atomic E-state index is 0.128. The predicted molar refractivity (Wildman–Crippen MR) is 68.2 cm³/mol. The van der Waals surface area contributed by atoms with Gasteiger partial charge in [-0.15, -0.1) is 0 Å². The van der Waals surface area contributed by atoms with Crippen LogP contribution in [-0.4, -0.2) is 13.1 Å². The lowest BCUT2D eigenvalue weighted by Gasteiger charge is -2.14. The van der Waals surface area contributed by atoms with Crippen molar-refractivity contribution in [3.63, 3.8) is 0 Å². The van der Waals surface area contributed by atoms with Gasteiger partial charge in [0.1, 0.15) is 5.76 Å². The van der Waals surface area contributed by atoms with E-state index in [2.05, 4.69) is 21.2 Å². The van der Waals surface area contributed by atoms with Crippen LogP contribution in [-0.2, 0) is 0 Å². The molecule has 3 nitrogen and oxygen atoms in total. The SMILES string of the molecule is NCC(NCCCC1CC1)c1occc1Br. The van der Waals surface area contributed by atoms with Gasteiger partial charge in [-0.2, -0.15) is 0 Å². The first kappa shape index (κ1) is 12.1. The van der Waals surface area contributed by atoms with Crippen molar-refractivity contribution in [3.8, 4) is 0 Å². The molecule has 0 aromatic carbocycles. The summed E-state index contributed by atoms with van der Waals surface area (Å²) in [5.41, 5.74) is 5.74. The molecule has 1 aliphatic carbocycles. The highest BCUT2D eigenvalue weighted by molar-refractivity contribution is 9.10. The van der Waals surface area contributed by atoms with Gasteiger partial charge in [0.15, 0.2) is 0 Å². The third kappa shape index (κ3) is 3.34. The van der Waals surface area contributed by atoms with Crippen LogP contribution in [0, 0.1) is 5.92 Å². The first-order valence-corrected chi connectivity index (χ1v) is 6.77. The molecule has 1 aromatic rings. The third-order valence-electron chi connectivity index (χ3n) is 3.07. The molecule has 1 unspecified atom stereocenters. The van der Waals surface area contributed by atoms with Gasteiger partial charge in [-0.25, -0.2) is 0 Å². The Morgan fingerprint density at radius 3 is 2.94 bits per heavy atom. The minimum Gasteiger partial charge on any atom is -0.466 e. The second kappa shape index (κ2) is 5.84. The molecule has 90 valence electrons. The Morgan fingerprint density at radius 1 is 1.56 bits per heavy atom. The van der Waals surface area contributed by atoms with E-state index in [0.717, 1.165) is 22.7 Å². The predicted octanol–water partition coefficient (Wildman–Crippen LogP) is 2.82. The van der Waals surface area contributed by atoms with Crippen LogP contribution in [0.25, 0.3) is 0 Å². The molecule has 2 rings (SSSR count). The fourth-order valence-corrected chi connectivity index (χ4v) is 2.39. The van der Waals surface area contributed by atoms with Crippen molar-refractivity contribution >= 4 is 15.9 Å². The minimum atomic E-state index is 0.128. The molecule has 16 heavy (non-hydrogen) atoms. The Labute approximate surface area is 105 Å². The zero-order valence-electron chi connectivity index (χ0n) is 9.42. The molecule has 0 aliphatic heterocycles. The van der Waals surface area contributed by atoms with E-state index in [1.54, 1.807) is 6.26 Å². The van der Waals surface area contributed by atoms with Gasteiger partial charge in [-0.05, 0) is 47.3 Å². The molecule has 0 amide bonds. The van der Waals surface area contributed by atoms with E-state index in [1.165, 1.54) is 25.7 Å². The zero-order chi connectivity index (χ0) is 11.4. The maximum absolute atomic E-state index is 5.74. The van der Waals surface area contributed by atoms with Crippen LogP contribution in [0.15, 0.2) is 21.2 Å². The fraction of sp³-hybridized carbons (Fsp3) is 0.667. The van der Waals surface area contributed by atoms with Crippen molar-refractivity contribution in [2.45, 2.75) is 31.7 Å². The summed E-state index contributed by atoms with van der Waals surface area (Å²) in [5, 5.41) is 3.45. The monoisotopic (exact) mass is 286 g/mol. The molecule has 1 aliphatic rings. The number of nitrogens with one attached hydrogen (secondary N) is 1. The summed E-state index contributed by atoms with van der Waals surface area (Å²) in [6.07, 6.45) is 7.14. The highest BCUT2D eigenvalue weighted by Gasteiger charge is 2.20. The highest BCUT2D eigenvalue weighted by Crippen LogP contribution is 2.33. The van der Waals surface area contributed by atoms with Gasteiger partial charge in [0.05, 0.1) is 16.8 Å². The summed E-state index contributed by atoms with van der Waals surface area (Å²) in [6, 6.07) is 2.03. The maximum atomic E-state index is 5.74. The average molecular weight is 287 g/mol. The molecule has 4 heteroatoms. The Bertz CT molecular complexity index is 323. The van der Waals surface area contributed by atoms with E-state index in [9.17, 15) is 0 Å². The molecule has 0 spiro atoms. The Hall–Kier alpha value is -0.320. The van der Waals surface area contributed by atoms with Crippen molar-refractivity contribution in [1.29, 1.82) is 0 Å². The van der Waals surface area contributed by atoms with Crippen LogP contribution in [0.5, 0.6) is 0 Å². The van der Waals surface area contributed by atoms with E-state index in [4.69, 9.17) is 10.2 Å². The zero-order valence-corrected chi connectivity index (χ0v) is 11.0. The number of hydrogen-bond donors (Lipinski definition) is 2. The van der Waals surface area contributed by atoms with Crippen molar-refractivity contribution in [2.75, 3.05) is 13.1 Å². The van der Waals surface area contributed by atoms with E-state index in [1.807, 2.05) is 6.07 Å². The lowest BCUT2D eigenvalue weighted by molar-refractivity contribution is 0.409. The number of halogens is 1. The van der Waals surface area contributed by atoms with Crippen LogP contribution in [0.1, 0.15) is 37.5 Å². The van der Waals surface area contributed by atoms with Gasteiger partial charge in [-0.1, -0.05) is 12.8 Å². The first-order valence-electron chi connectivity index (χ1n) is 5.97. The molecule has 0 saturated heterocycles. The fourth-order valence-electron chi connectivity index (χ4n) is 1.91. The van der Waals surface area contributed by atoms with Gasteiger partial charge in [-0.3, -0.25) is 0 Å². The van der Waals surface area contributed by atoms with Crippen molar-refractivity contribution in [2.24, 2.45) is 11.7 Å². The van der Waals surface area contributed by atoms with E-state index < -0.39 is 0 Å². The van der Waals surface area contributed by atoms with Crippen LogP contribution >= 0.6 is 15.9 Å². The van der Waals surface area contributed by atoms with Crippen LogP contribution < -0.4 is 11.1 Å². The summed E-state index contributed by atoms with van der Waals surface area (Å²) in [6.45, 7) is 1.58. The number of hydrogen-bond acceptors (Lipinski definition) is 3. The largest absolute Gasteiger partial charge is 0.466 e. The van der Waals surface area contributed by atoms with E-state index in [0.29, 0.717) is 6.54 Å². The Balaban J connectivity index is 1.74. The second-order valence-electron chi connectivity index (χ2n) is 4.46. The average Bonchev–Trinajstić information content (AvgIpc) is 3.02. The first-order chi connectivity index (χ1) is 7.81. The quantitative estimate of drug-likeness (QED) is 0.758. The maximum Gasteiger partial charge on any atom is 0.136 e. The van der Waals surface area contributed by atoms with E-state index in [-0.39, 0.29) is 6.04 Å². The summed E-state index contributed by atoms with van der Waals surface area (Å²) >= 11 is 3.46. The van der Waals surface area contributed by atoms with Crippen LogP contribution in [0.3, 0.4) is 0 Å². The molecule has 1 saturated carbocycles. The number of furan rings is 1. The summed E-state index contributed by atoms with van der Waals surface area (Å²) in [4.78, 5) is 0. The van der Waals surface area contributed by atoms with Gasteiger partial charge >= 0.3 is 0 Å². The molecule has 1 heterocycles. The summed E-state index contributed by atoms with van der Waals surface area (Å²) in [7, 11) is 0. The molecule has 1 aromatic heterocycles. The third-order valence-corrected chi connectivity index (χ3v) is 3.73. The smallest absolute Gasteiger partial charge is 0.136 e. The number of rotatable bonds is 7. The van der Waals surface area contributed by atoms with Gasteiger partial charge in [0.2, 0.25) is 0 Å². The van der Waals surface area contributed by atoms with Crippen LogP contribution in [0.4, 0.5) is 0 Å².